The van der Waals surface area contributed by atoms with Crippen molar-refractivity contribution in [2.75, 3.05) is 12.3 Å². The summed E-state index contributed by atoms with van der Waals surface area (Å²) in [7, 11) is 0. The molecule has 0 radical (unpaired) electrons. The van der Waals surface area contributed by atoms with E-state index in [0.29, 0.717) is 11.0 Å². The number of aliphatic hydroxyl groups excluding tert-OH is 3. The fraction of sp³-hybridized carbons (Fsp3) is 0.455. The number of ether oxygens (including phenoxy) is 1. The number of hydrogen-bond acceptors (Lipinski definition) is 7. The summed E-state index contributed by atoms with van der Waals surface area (Å²) in [6, 6.07) is 1.74. The highest BCUT2D eigenvalue weighted by Gasteiger charge is 2.44. The van der Waals surface area contributed by atoms with Crippen LogP contribution in [0.1, 0.15) is 11.9 Å². The Morgan fingerprint density at radius 1 is 1.32 bits per heavy atom. The Bertz CT molecular complexity index is 601. The van der Waals surface area contributed by atoms with E-state index in [-0.39, 0.29) is 11.6 Å². The fourth-order valence-electron chi connectivity index (χ4n) is 2.22. The highest BCUT2D eigenvalue weighted by Crippen LogP contribution is 2.32. The molecular weight excluding hydrogens is 252 g/mol. The largest absolute Gasteiger partial charge is 0.394 e. The van der Waals surface area contributed by atoms with Crippen molar-refractivity contribution in [1.82, 2.24) is 15.0 Å². The number of fused-ring (bicyclic) bond motifs is 1. The van der Waals surface area contributed by atoms with E-state index in [9.17, 15) is 10.2 Å². The highest BCUT2D eigenvalue weighted by atomic mass is 16.6. The molecule has 0 aliphatic carbocycles. The number of rotatable bonds is 2. The van der Waals surface area contributed by atoms with Crippen molar-refractivity contribution >= 4 is 16.9 Å². The Kier molecular flexibility index (Phi) is 2.86. The number of nitrogen functional groups attached to an aromatic ring is 1. The van der Waals surface area contributed by atoms with Crippen molar-refractivity contribution in [1.29, 1.82) is 0 Å². The van der Waals surface area contributed by atoms with Crippen molar-refractivity contribution < 1.29 is 20.1 Å². The Hall–Kier alpha value is -1.74. The summed E-state index contributed by atoms with van der Waals surface area (Å²) in [5.41, 5.74) is 6.32. The van der Waals surface area contributed by atoms with Crippen molar-refractivity contribution in [2.24, 2.45) is 0 Å². The average Bonchev–Trinajstić information content (AvgIpc) is 2.96. The van der Waals surface area contributed by atoms with Gasteiger partial charge in [-0.05, 0) is 6.07 Å². The van der Waals surface area contributed by atoms with Gasteiger partial charge < -0.3 is 30.8 Å². The summed E-state index contributed by atoms with van der Waals surface area (Å²) in [5, 5.41) is 29.3. The van der Waals surface area contributed by atoms with E-state index in [2.05, 4.69) is 15.0 Å². The third-order valence-electron chi connectivity index (χ3n) is 3.26. The Balaban J connectivity index is 2.00. The fourth-order valence-corrected chi connectivity index (χ4v) is 2.22. The second-order valence-electron chi connectivity index (χ2n) is 4.47. The molecule has 102 valence electrons. The quantitative estimate of drug-likeness (QED) is 0.455. The molecule has 1 aliphatic rings. The van der Waals surface area contributed by atoms with Crippen LogP contribution >= 0.6 is 0 Å². The molecule has 1 aliphatic heterocycles. The number of anilines is 1. The lowest BCUT2D eigenvalue weighted by atomic mass is 10.1. The third-order valence-corrected chi connectivity index (χ3v) is 3.26. The lowest BCUT2D eigenvalue weighted by molar-refractivity contribution is -0.0251. The van der Waals surface area contributed by atoms with Gasteiger partial charge in [0.2, 0.25) is 0 Å². The Morgan fingerprint density at radius 3 is 2.79 bits per heavy atom. The molecule has 1 saturated heterocycles. The Morgan fingerprint density at radius 2 is 2.11 bits per heavy atom. The van der Waals surface area contributed by atoms with Crippen molar-refractivity contribution in [3.05, 3.63) is 18.1 Å². The van der Waals surface area contributed by atoms with Crippen LogP contribution in [0.15, 0.2) is 12.3 Å². The van der Waals surface area contributed by atoms with Crippen LogP contribution in [0, 0.1) is 0 Å². The maximum absolute atomic E-state index is 9.91. The zero-order valence-electron chi connectivity index (χ0n) is 9.89. The first-order chi connectivity index (χ1) is 9.11. The predicted octanol–water partition coefficient (Wildman–Crippen LogP) is -1.31. The lowest BCUT2D eigenvalue weighted by Crippen LogP contribution is -2.32. The molecule has 0 unspecified atom stereocenters. The minimum Gasteiger partial charge on any atom is -0.394 e. The maximum Gasteiger partial charge on any atom is 0.164 e. The number of aromatic nitrogens is 3. The molecule has 0 spiro atoms. The summed E-state index contributed by atoms with van der Waals surface area (Å²) in [5.74, 6) is 0.439. The van der Waals surface area contributed by atoms with Gasteiger partial charge in [0.1, 0.15) is 35.9 Å². The van der Waals surface area contributed by atoms with Gasteiger partial charge in [0.15, 0.2) is 5.82 Å². The standard InChI is InChI=1S/C11H14N4O4/c12-9-4-1-2-13-10(4)15-11(14-9)8-7(18)6(17)5(3-16)19-8/h1-2,5-8,16-18H,3H2,(H3,12,13,14,15)/t5-,6-,7+,8-/m1/s1. The average molecular weight is 266 g/mol. The molecule has 2 aromatic heterocycles. The summed E-state index contributed by atoms with van der Waals surface area (Å²) in [6.45, 7) is -0.394. The molecule has 3 rings (SSSR count). The van der Waals surface area contributed by atoms with Gasteiger partial charge in [0.25, 0.3) is 0 Å². The molecule has 19 heavy (non-hydrogen) atoms. The summed E-state index contributed by atoms with van der Waals surface area (Å²) in [6.07, 6.45) is -2.48. The van der Waals surface area contributed by atoms with E-state index in [1.165, 1.54) is 0 Å². The van der Waals surface area contributed by atoms with Crippen LogP contribution in [0.3, 0.4) is 0 Å². The van der Waals surface area contributed by atoms with E-state index < -0.39 is 31.0 Å². The first-order valence-electron chi connectivity index (χ1n) is 5.84. The number of H-pyrrole nitrogens is 1. The number of aromatic amines is 1. The first-order valence-corrected chi connectivity index (χ1v) is 5.84. The minimum atomic E-state index is -1.20. The van der Waals surface area contributed by atoms with Crippen molar-refractivity contribution in [3.63, 3.8) is 0 Å². The molecule has 4 atom stereocenters. The maximum atomic E-state index is 9.91. The second-order valence-corrected chi connectivity index (χ2v) is 4.47. The van der Waals surface area contributed by atoms with Gasteiger partial charge in [-0.1, -0.05) is 0 Å². The van der Waals surface area contributed by atoms with Gasteiger partial charge in [0.05, 0.1) is 12.0 Å². The molecule has 0 bridgehead atoms. The summed E-state index contributed by atoms with van der Waals surface area (Å²) >= 11 is 0. The highest BCUT2D eigenvalue weighted by molar-refractivity contribution is 5.85. The number of nitrogens with zero attached hydrogens (tertiary/aromatic N) is 2. The molecule has 8 heteroatoms. The van der Waals surface area contributed by atoms with Gasteiger partial charge in [-0.25, -0.2) is 9.97 Å². The van der Waals surface area contributed by atoms with Gasteiger partial charge in [-0.15, -0.1) is 0 Å². The van der Waals surface area contributed by atoms with Crippen LogP contribution in [-0.4, -0.2) is 55.2 Å². The van der Waals surface area contributed by atoms with E-state index in [0.717, 1.165) is 0 Å². The monoisotopic (exact) mass is 266 g/mol. The van der Waals surface area contributed by atoms with Crippen LogP contribution in [0.2, 0.25) is 0 Å². The number of hydrogen-bond donors (Lipinski definition) is 5. The minimum absolute atomic E-state index is 0.176. The molecule has 6 N–H and O–H groups in total. The molecular formula is C11H14N4O4. The SMILES string of the molecule is Nc1nc([C@@H]2O[C@H](CO)[C@@H](O)[C@@H]2O)nc2[nH]ccc12. The van der Waals surface area contributed by atoms with E-state index in [1.807, 2.05) is 0 Å². The van der Waals surface area contributed by atoms with Crippen LogP contribution < -0.4 is 5.73 Å². The number of aliphatic hydroxyl groups is 3. The lowest BCUT2D eigenvalue weighted by Gasteiger charge is -2.13. The first kappa shape index (κ1) is 12.3. The molecule has 0 aromatic carbocycles. The van der Waals surface area contributed by atoms with E-state index in [1.54, 1.807) is 12.3 Å². The summed E-state index contributed by atoms with van der Waals surface area (Å²) in [4.78, 5) is 11.2. The topological polar surface area (TPSA) is 138 Å². The second kappa shape index (κ2) is 4.42. The molecule has 2 aromatic rings. The van der Waals surface area contributed by atoms with Gasteiger partial charge in [0, 0.05) is 6.20 Å². The van der Waals surface area contributed by atoms with Crippen LogP contribution in [0.4, 0.5) is 5.82 Å². The number of nitrogens with two attached hydrogens (primary N) is 1. The zero-order valence-corrected chi connectivity index (χ0v) is 9.89. The van der Waals surface area contributed by atoms with Gasteiger partial charge >= 0.3 is 0 Å². The van der Waals surface area contributed by atoms with Crippen LogP contribution in [0.25, 0.3) is 11.0 Å². The molecule has 1 fully saturated rings. The van der Waals surface area contributed by atoms with Crippen LogP contribution in [0.5, 0.6) is 0 Å². The van der Waals surface area contributed by atoms with Crippen molar-refractivity contribution in [2.45, 2.75) is 24.4 Å². The third kappa shape index (κ3) is 1.85. The molecule has 3 heterocycles. The Labute approximate surface area is 107 Å². The molecule has 0 amide bonds. The van der Waals surface area contributed by atoms with Crippen molar-refractivity contribution in [3.8, 4) is 0 Å². The van der Waals surface area contributed by atoms with E-state index in [4.69, 9.17) is 15.6 Å². The normalized spacial score (nSPS) is 31.1. The zero-order chi connectivity index (χ0) is 13.6. The molecule has 8 nitrogen and oxygen atoms in total. The smallest absolute Gasteiger partial charge is 0.164 e. The van der Waals surface area contributed by atoms with E-state index >= 15 is 0 Å². The summed E-state index contributed by atoms with van der Waals surface area (Å²) < 4.78 is 5.36. The van der Waals surface area contributed by atoms with Gasteiger partial charge in [-0.2, -0.15) is 0 Å². The predicted molar refractivity (Wildman–Crippen MR) is 65.0 cm³/mol. The van der Waals surface area contributed by atoms with Crippen LogP contribution in [-0.2, 0) is 4.74 Å². The number of nitrogens with one attached hydrogen (secondary N) is 1. The van der Waals surface area contributed by atoms with Gasteiger partial charge in [-0.3, -0.25) is 0 Å². The molecule has 0 saturated carbocycles.